The first kappa shape index (κ1) is 14.6. The Kier molecular flexibility index (Phi) is 4.47. The van der Waals surface area contributed by atoms with Gasteiger partial charge in [-0.1, -0.05) is 0 Å². The predicted octanol–water partition coefficient (Wildman–Crippen LogP) is -1.03. The summed E-state index contributed by atoms with van der Waals surface area (Å²) >= 11 is 0. The van der Waals surface area contributed by atoms with E-state index in [4.69, 9.17) is 5.11 Å². The molecule has 0 saturated carbocycles. The zero-order chi connectivity index (χ0) is 14.6. The van der Waals surface area contributed by atoms with Gasteiger partial charge in [0.05, 0.1) is 25.9 Å². The summed E-state index contributed by atoms with van der Waals surface area (Å²) in [5.74, 6) is 0.541. The zero-order valence-electron chi connectivity index (χ0n) is 11.0. The first-order valence-electron chi connectivity index (χ1n) is 6.06. The van der Waals surface area contributed by atoms with Gasteiger partial charge in [-0.25, -0.2) is 13.1 Å². The number of sulfonamides is 1. The molecule has 2 aromatic heterocycles. The van der Waals surface area contributed by atoms with Crippen molar-refractivity contribution < 1.29 is 13.5 Å². The zero-order valence-corrected chi connectivity index (χ0v) is 11.8. The van der Waals surface area contributed by atoms with Crippen LogP contribution in [0.15, 0.2) is 23.6 Å². The number of hydrogen-bond acceptors (Lipinski definition) is 6. The van der Waals surface area contributed by atoms with Crippen molar-refractivity contribution in [3.8, 4) is 0 Å². The fraction of sp³-hybridized carbons (Fsp3) is 0.500. The highest BCUT2D eigenvalue weighted by Crippen LogP contribution is 2.07. The molecule has 0 aromatic carbocycles. The highest BCUT2D eigenvalue weighted by molar-refractivity contribution is 7.89. The van der Waals surface area contributed by atoms with Crippen LogP contribution in [0.1, 0.15) is 12.7 Å². The van der Waals surface area contributed by atoms with Crippen LogP contribution in [0.3, 0.4) is 0 Å². The summed E-state index contributed by atoms with van der Waals surface area (Å²) < 4.78 is 29.7. The molecule has 0 aliphatic rings. The first-order valence-corrected chi connectivity index (χ1v) is 7.55. The highest BCUT2D eigenvalue weighted by Gasteiger charge is 2.17. The van der Waals surface area contributed by atoms with Crippen molar-refractivity contribution in [2.75, 3.05) is 6.61 Å². The summed E-state index contributed by atoms with van der Waals surface area (Å²) in [7, 11) is -3.65. The minimum Gasteiger partial charge on any atom is -0.394 e. The van der Waals surface area contributed by atoms with Gasteiger partial charge < -0.3 is 9.67 Å². The van der Waals surface area contributed by atoms with Crippen LogP contribution in [0.5, 0.6) is 0 Å². The van der Waals surface area contributed by atoms with Crippen LogP contribution in [0.4, 0.5) is 0 Å². The minimum atomic E-state index is -3.65. The molecule has 0 radical (unpaired) electrons. The molecule has 20 heavy (non-hydrogen) atoms. The number of aryl methyl sites for hydroxylation is 1. The number of rotatable bonds is 7. The molecular weight excluding hydrogens is 284 g/mol. The lowest BCUT2D eigenvalue weighted by Crippen LogP contribution is -2.24. The van der Waals surface area contributed by atoms with Crippen LogP contribution < -0.4 is 4.72 Å². The Morgan fingerprint density at radius 2 is 2.25 bits per heavy atom. The molecule has 0 saturated heterocycles. The van der Waals surface area contributed by atoms with E-state index in [9.17, 15) is 8.42 Å². The average molecular weight is 300 g/mol. The van der Waals surface area contributed by atoms with E-state index in [0.29, 0.717) is 12.4 Å². The number of aliphatic hydroxyl groups excluding tert-OH is 1. The number of aliphatic hydroxyl groups is 1. The third kappa shape index (κ3) is 3.21. The number of hydrogen-bond donors (Lipinski definition) is 2. The van der Waals surface area contributed by atoms with Crippen LogP contribution in [-0.4, -0.2) is 44.7 Å². The molecule has 10 heteroatoms. The smallest absolute Gasteiger partial charge is 0.244 e. The molecule has 0 atom stereocenters. The van der Waals surface area contributed by atoms with Gasteiger partial charge in [0.2, 0.25) is 10.0 Å². The molecule has 110 valence electrons. The van der Waals surface area contributed by atoms with Gasteiger partial charge in [0.15, 0.2) is 0 Å². The first-order chi connectivity index (χ1) is 9.56. The highest BCUT2D eigenvalue weighted by atomic mass is 32.2. The molecule has 2 N–H and O–H groups in total. The molecule has 0 spiro atoms. The monoisotopic (exact) mass is 300 g/mol. The molecule has 0 aliphatic heterocycles. The molecule has 0 unspecified atom stereocenters. The molecule has 0 bridgehead atoms. The van der Waals surface area contributed by atoms with E-state index in [1.165, 1.54) is 17.1 Å². The summed E-state index contributed by atoms with van der Waals surface area (Å²) in [4.78, 5) is 0.0495. The molecular formula is C10H16N6O3S. The van der Waals surface area contributed by atoms with Crippen LogP contribution in [0.2, 0.25) is 0 Å². The third-order valence-electron chi connectivity index (χ3n) is 2.71. The van der Waals surface area contributed by atoms with Crippen LogP contribution in [0.25, 0.3) is 0 Å². The number of nitrogens with zero attached hydrogens (tertiary/aromatic N) is 5. The normalized spacial score (nSPS) is 11.9. The van der Waals surface area contributed by atoms with E-state index in [1.54, 1.807) is 10.9 Å². The standard InChI is InChI=1S/C10H16N6O3S/c1-2-15-8-11-14-10(15)6-13-20(18,19)9-5-12-16(7-9)3-4-17/h5,7-8,13,17H,2-4,6H2,1H3. The van der Waals surface area contributed by atoms with Crippen LogP contribution in [0, 0.1) is 0 Å². The molecule has 2 rings (SSSR count). The predicted molar refractivity (Wildman–Crippen MR) is 69.0 cm³/mol. The van der Waals surface area contributed by atoms with Crippen LogP contribution in [-0.2, 0) is 29.7 Å². The number of aromatic nitrogens is 5. The lowest BCUT2D eigenvalue weighted by molar-refractivity contribution is 0.269. The maximum absolute atomic E-state index is 12.1. The fourth-order valence-corrected chi connectivity index (χ4v) is 2.56. The topological polar surface area (TPSA) is 115 Å². The quantitative estimate of drug-likeness (QED) is 0.675. The maximum atomic E-state index is 12.1. The average Bonchev–Trinajstić information content (AvgIpc) is 3.05. The second kappa shape index (κ2) is 6.11. The Balaban J connectivity index is 2.07. The third-order valence-corrected chi connectivity index (χ3v) is 4.06. The Morgan fingerprint density at radius 3 is 2.95 bits per heavy atom. The summed E-state index contributed by atoms with van der Waals surface area (Å²) in [5, 5.41) is 20.2. The van der Waals surface area contributed by atoms with E-state index in [0.717, 1.165) is 0 Å². The van der Waals surface area contributed by atoms with Crippen molar-refractivity contribution in [2.45, 2.75) is 31.5 Å². The van der Waals surface area contributed by atoms with Crippen molar-refractivity contribution in [1.82, 2.24) is 29.3 Å². The SMILES string of the molecule is CCn1cnnc1CNS(=O)(=O)c1cnn(CCO)c1. The van der Waals surface area contributed by atoms with Gasteiger partial charge in [0, 0.05) is 12.7 Å². The molecule has 9 nitrogen and oxygen atoms in total. The minimum absolute atomic E-state index is 0.0495. The van der Waals surface area contributed by atoms with Crippen molar-refractivity contribution in [3.63, 3.8) is 0 Å². The summed E-state index contributed by atoms with van der Waals surface area (Å²) in [6.07, 6.45) is 4.15. The molecule has 2 heterocycles. The van der Waals surface area contributed by atoms with Gasteiger partial charge in [-0.05, 0) is 6.92 Å². The van der Waals surface area contributed by atoms with Gasteiger partial charge in [0.25, 0.3) is 0 Å². The Bertz CT molecular complexity index is 662. The van der Waals surface area contributed by atoms with Gasteiger partial charge in [0.1, 0.15) is 17.0 Å². The summed E-state index contributed by atoms with van der Waals surface area (Å²) in [6.45, 7) is 2.79. The second-order valence-electron chi connectivity index (χ2n) is 4.02. The van der Waals surface area contributed by atoms with E-state index in [1.807, 2.05) is 6.92 Å². The van der Waals surface area contributed by atoms with Gasteiger partial charge >= 0.3 is 0 Å². The molecule has 0 fully saturated rings. The summed E-state index contributed by atoms with van der Waals surface area (Å²) in [5.41, 5.74) is 0. The van der Waals surface area contributed by atoms with E-state index < -0.39 is 10.0 Å². The summed E-state index contributed by atoms with van der Waals surface area (Å²) in [6, 6.07) is 0. The van der Waals surface area contributed by atoms with Crippen LogP contribution >= 0.6 is 0 Å². The lowest BCUT2D eigenvalue weighted by Gasteiger charge is -2.05. The van der Waals surface area contributed by atoms with Gasteiger partial charge in [-0.15, -0.1) is 10.2 Å². The lowest BCUT2D eigenvalue weighted by atomic mass is 10.6. The molecule has 2 aromatic rings. The molecule has 0 aliphatic carbocycles. The molecule has 0 amide bonds. The van der Waals surface area contributed by atoms with E-state index in [-0.39, 0.29) is 24.6 Å². The van der Waals surface area contributed by atoms with Crippen molar-refractivity contribution in [1.29, 1.82) is 0 Å². The van der Waals surface area contributed by atoms with Gasteiger partial charge in [-0.3, -0.25) is 4.68 Å². The maximum Gasteiger partial charge on any atom is 0.244 e. The van der Waals surface area contributed by atoms with Crippen molar-refractivity contribution >= 4 is 10.0 Å². The van der Waals surface area contributed by atoms with E-state index >= 15 is 0 Å². The second-order valence-corrected chi connectivity index (χ2v) is 5.79. The number of nitrogens with one attached hydrogen (secondary N) is 1. The Labute approximate surface area is 116 Å². The Morgan fingerprint density at radius 1 is 1.45 bits per heavy atom. The van der Waals surface area contributed by atoms with Crippen molar-refractivity contribution in [2.24, 2.45) is 0 Å². The van der Waals surface area contributed by atoms with E-state index in [2.05, 4.69) is 20.0 Å². The van der Waals surface area contributed by atoms with Gasteiger partial charge in [-0.2, -0.15) is 5.10 Å². The van der Waals surface area contributed by atoms with Crippen molar-refractivity contribution in [3.05, 3.63) is 24.5 Å². The fourth-order valence-electron chi connectivity index (χ4n) is 1.63. The largest absolute Gasteiger partial charge is 0.394 e. The Hall–Kier alpha value is -1.78.